The van der Waals surface area contributed by atoms with Gasteiger partial charge in [0.2, 0.25) is 5.91 Å². The molecule has 1 N–H and O–H groups in total. The Morgan fingerprint density at radius 2 is 1.70 bits per heavy atom. The molecule has 1 heterocycles. The van der Waals surface area contributed by atoms with Gasteiger partial charge in [-0.2, -0.15) is 0 Å². The van der Waals surface area contributed by atoms with Crippen molar-refractivity contribution in [3.8, 4) is 0 Å². The third-order valence-electron chi connectivity index (χ3n) is 8.91. The fourth-order valence-corrected chi connectivity index (χ4v) is 6.92. The van der Waals surface area contributed by atoms with E-state index in [1.165, 1.54) is 14.2 Å². The largest absolute Gasteiger partial charge is 0.468 e. The maximum absolute atomic E-state index is 13.5. The van der Waals surface area contributed by atoms with Crippen molar-refractivity contribution >= 4 is 45.9 Å². The second-order valence-electron chi connectivity index (χ2n) is 11.7. The maximum Gasteiger partial charge on any atom is 0.337 e. The Hall–Kier alpha value is -3.88. The molecule has 1 aliphatic heterocycles. The molecule has 5 rings (SSSR count). The van der Waals surface area contributed by atoms with E-state index in [9.17, 15) is 14.4 Å². The van der Waals surface area contributed by atoms with Crippen molar-refractivity contribution < 1.29 is 28.6 Å². The highest BCUT2D eigenvalue weighted by Crippen LogP contribution is 2.53. The van der Waals surface area contributed by atoms with E-state index in [0.717, 1.165) is 55.2 Å². The molecular weight excluding hydrogens is 580 g/mol. The fourth-order valence-electron chi connectivity index (χ4n) is 6.66. The van der Waals surface area contributed by atoms with Crippen LogP contribution in [0.25, 0.3) is 5.03 Å². The minimum atomic E-state index is -0.942. The summed E-state index contributed by atoms with van der Waals surface area (Å²) >= 11 is 6.80. The molecule has 0 aromatic heterocycles. The number of rotatable bonds is 8. The number of hydrogen-bond acceptors (Lipinski definition) is 7. The predicted octanol–water partition coefficient (Wildman–Crippen LogP) is 6.24. The minimum absolute atomic E-state index is 0.0257. The molecule has 0 spiro atoms. The number of methoxy groups -OCH3 is 2. The lowest BCUT2D eigenvalue weighted by molar-refractivity contribution is -0.155. The zero-order valence-electron chi connectivity index (χ0n) is 25.4. The van der Waals surface area contributed by atoms with Crippen molar-refractivity contribution in [2.45, 2.75) is 26.2 Å². The maximum atomic E-state index is 13.5. The quantitative estimate of drug-likeness (QED) is 0.277. The number of amides is 1. The number of nitrogens with zero attached hydrogens (tertiary/aromatic N) is 1. The third kappa shape index (κ3) is 6.76. The highest BCUT2D eigenvalue weighted by molar-refractivity contribution is 6.48. The topological polar surface area (TPSA) is 94.2 Å². The Bertz CT molecular complexity index is 1460. The van der Waals surface area contributed by atoms with Gasteiger partial charge in [-0.1, -0.05) is 53.6 Å². The number of fused-ring (bicyclic) bond motifs is 1. The summed E-state index contributed by atoms with van der Waals surface area (Å²) in [6, 6.07) is 14.7. The summed E-state index contributed by atoms with van der Waals surface area (Å²) in [7, 11) is 2.74. The van der Waals surface area contributed by atoms with E-state index in [1.54, 1.807) is 24.3 Å². The van der Waals surface area contributed by atoms with Crippen LogP contribution in [-0.2, 0) is 23.8 Å². The van der Waals surface area contributed by atoms with E-state index < -0.39 is 11.4 Å². The lowest BCUT2D eigenvalue weighted by atomic mass is 9.56. The van der Waals surface area contributed by atoms with E-state index in [0.29, 0.717) is 23.4 Å². The average molecular weight is 619 g/mol. The molecule has 2 aromatic carbocycles. The molecule has 0 radical (unpaired) electrons. The number of morpholine rings is 1. The molecule has 1 amide bonds. The summed E-state index contributed by atoms with van der Waals surface area (Å²) in [5, 5.41) is 3.50. The van der Waals surface area contributed by atoms with Gasteiger partial charge < -0.3 is 24.4 Å². The number of anilines is 2. The van der Waals surface area contributed by atoms with Crippen LogP contribution in [0.5, 0.6) is 0 Å². The van der Waals surface area contributed by atoms with Gasteiger partial charge in [0.15, 0.2) is 0 Å². The highest BCUT2D eigenvalue weighted by atomic mass is 35.5. The van der Waals surface area contributed by atoms with Crippen LogP contribution in [0.1, 0.15) is 42.1 Å². The van der Waals surface area contributed by atoms with E-state index in [4.69, 9.17) is 25.8 Å². The molecule has 232 valence electrons. The summed E-state index contributed by atoms with van der Waals surface area (Å²) < 4.78 is 15.6. The molecule has 8 nitrogen and oxygen atoms in total. The molecule has 2 aromatic rings. The van der Waals surface area contributed by atoms with Gasteiger partial charge in [0.1, 0.15) is 0 Å². The van der Waals surface area contributed by atoms with Gasteiger partial charge in [0, 0.05) is 41.8 Å². The first-order valence-corrected chi connectivity index (χ1v) is 15.3. The van der Waals surface area contributed by atoms with E-state index >= 15 is 0 Å². The number of halogens is 1. The van der Waals surface area contributed by atoms with Gasteiger partial charge in [0.05, 0.1) is 38.4 Å². The van der Waals surface area contributed by atoms with Crippen LogP contribution in [0, 0.1) is 23.2 Å². The van der Waals surface area contributed by atoms with Gasteiger partial charge in [-0.15, -0.1) is 0 Å². The summed E-state index contributed by atoms with van der Waals surface area (Å²) in [5.41, 5.74) is 3.23. The number of nitrogens with one attached hydrogen (secondary N) is 1. The van der Waals surface area contributed by atoms with Crippen LogP contribution in [0.4, 0.5) is 11.4 Å². The Labute approximate surface area is 263 Å². The van der Waals surface area contributed by atoms with Crippen molar-refractivity contribution in [3.05, 3.63) is 89.5 Å². The zero-order chi connectivity index (χ0) is 31.3. The Morgan fingerprint density at radius 3 is 2.36 bits per heavy atom. The molecule has 1 fully saturated rings. The molecule has 1 saturated heterocycles. The van der Waals surface area contributed by atoms with Crippen molar-refractivity contribution in [1.29, 1.82) is 0 Å². The van der Waals surface area contributed by atoms with Crippen molar-refractivity contribution in [3.63, 3.8) is 0 Å². The van der Waals surface area contributed by atoms with Crippen LogP contribution < -0.4 is 10.2 Å². The van der Waals surface area contributed by atoms with Crippen LogP contribution >= 0.6 is 11.6 Å². The Morgan fingerprint density at radius 1 is 1.02 bits per heavy atom. The van der Waals surface area contributed by atoms with Gasteiger partial charge in [-0.25, -0.2) is 4.79 Å². The molecule has 0 saturated carbocycles. The molecule has 0 bridgehead atoms. The Balaban J connectivity index is 1.31. The SMILES string of the molecule is COC(=O)c1ccc(/C(Cl)=C/[C@@H]2C=C(C)C[C@H]3C[C@H](CC(=O)Nc4ccc(N5CCOCC5)cc4)C=C[C@]32C(=O)OC)cc1. The second-order valence-corrected chi connectivity index (χ2v) is 12.1. The standard InChI is InChI=1S/C35H39ClN2O6/c1-23-18-27-20-24(21-32(39)37-29-8-10-30(11-9-29)38-14-16-44-17-15-38)12-13-35(27,34(41)43-3)28(19-23)22-31(36)25-4-6-26(7-5-25)33(40)42-2/h4-13,19,22,24,27-28H,14-18,20-21H2,1-3H3,(H,37,39)/b31-22-/t24-,27+,28+,35+/m1/s1. The molecular formula is C35H39ClN2O6. The molecule has 3 aliphatic rings. The first kappa shape index (κ1) is 31.5. The zero-order valence-corrected chi connectivity index (χ0v) is 26.1. The highest BCUT2D eigenvalue weighted by Gasteiger charge is 2.53. The summed E-state index contributed by atoms with van der Waals surface area (Å²) in [4.78, 5) is 40.7. The minimum Gasteiger partial charge on any atom is -0.468 e. The molecule has 44 heavy (non-hydrogen) atoms. The van der Waals surface area contributed by atoms with Crippen LogP contribution in [0.2, 0.25) is 0 Å². The molecule has 4 atom stereocenters. The number of benzene rings is 2. The number of esters is 2. The number of hydrogen-bond donors (Lipinski definition) is 1. The van der Waals surface area contributed by atoms with Crippen LogP contribution in [-0.4, -0.2) is 58.4 Å². The molecule has 0 unspecified atom stereocenters. The predicted molar refractivity (Wildman–Crippen MR) is 171 cm³/mol. The van der Waals surface area contributed by atoms with E-state index in [-0.39, 0.29) is 29.6 Å². The molecule has 9 heteroatoms. The second kappa shape index (κ2) is 13.8. The van der Waals surface area contributed by atoms with E-state index in [1.807, 2.05) is 42.5 Å². The number of allylic oxidation sites excluding steroid dienone is 4. The van der Waals surface area contributed by atoms with Crippen molar-refractivity contribution in [2.75, 3.05) is 50.7 Å². The first-order valence-electron chi connectivity index (χ1n) is 15.0. The normalized spacial score (nSPS) is 25.0. The third-order valence-corrected chi connectivity index (χ3v) is 9.26. The van der Waals surface area contributed by atoms with Gasteiger partial charge >= 0.3 is 11.9 Å². The van der Waals surface area contributed by atoms with Gasteiger partial charge in [0.25, 0.3) is 0 Å². The van der Waals surface area contributed by atoms with E-state index in [2.05, 4.69) is 23.2 Å². The monoisotopic (exact) mass is 618 g/mol. The van der Waals surface area contributed by atoms with Crippen molar-refractivity contribution in [2.24, 2.45) is 23.2 Å². The number of ether oxygens (including phenoxy) is 3. The summed E-state index contributed by atoms with van der Waals surface area (Å²) in [6.45, 7) is 5.21. The van der Waals surface area contributed by atoms with Gasteiger partial charge in [-0.3, -0.25) is 9.59 Å². The summed E-state index contributed by atoms with van der Waals surface area (Å²) in [5.74, 6) is -1.25. The lowest BCUT2D eigenvalue weighted by Gasteiger charge is -2.47. The Kier molecular flexibility index (Phi) is 9.91. The lowest BCUT2D eigenvalue weighted by Crippen LogP contribution is -2.48. The van der Waals surface area contributed by atoms with Crippen molar-refractivity contribution in [1.82, 2.24) is 0 Å². The first-order chi connectivity index (χ1) is 21.2. The number of carbonyl (C=O) groups is 3. The molecule has 2 aliphatic carbocycles. The van der Waals surface area contributed by atoms with Crippen LogP contribution in [0.15, 0.2) is 78.4 Å². The summed E-state index contributed by atoms with van der Waals surface area (Å²) in [6.07, 6.45) is 9.59. The van der Waals surface area contributed by atoms with Gasteiger partial charge in [-0.05, 0) is 73.6 Å². The average Bonchev–Trinajstić information content (AvgIpc) is 3.04. The fraction of sp³-hybridized carbons (Fsp3) is 0.400. The smallest absolute Gasteiger partial charge is 0.337 e. The van der Waals surface area contributed by atoms with Crippen LogP contribution in [0.3, 0.4) is 0 Å². The number of carbonyl (C=O) groups excluding carboxylic acids is 3.